The zero-order valence-electron chi connectivity index (χ0n) is 9.18. The normalized spacial score (nSPS) is 17.9. The number of rotatable bonds is 6. The summed E-state index contributed by atoms with van der Waals surface area (Å²) in [6, 6.07) is 0. The molecule has 0 aliphatic heterocycles. The highest BCUT2D eigenvalue weighted by atomic mass is 16.4. The molecule has 0 aromatic heterocycles. The van der Waals surface area contributed by atoms with Gasteiger partial charge in [0.05, 0.1) is 6.42 Å². The second kappa shape index (κ2) is 4.78. The van der Waals surface area contributed by atoms with E-state index in [9.17, 15) is 4.79 Å². The first kappa shape index (κ1) is 11.5. The maximum atomic E-state index is 10.3. The molecular formula is C11H21NO2. The first-order valence-electron chi connectivity index (χ1n) is 5.45. The van der Waals surface area contributed by atoms with Gasteiger partial charge in [0.1, 0.15) is 0 Å². The molecule has 0 unspecified atom stereocenters. The third kappa shape index (κ3) is 3.29. The number of carboxylic acid groups (broad SMARTS) is 1. The molecule has 14 heavy (non-hydrogen) atoms. The van der Waals surface area contributed by atoms with E-state index in [1.54, 1.807) is 0 Å². The minimum absolute atomic E-state index is 0.223. The zero-order chi connectivity index (χ0) is 10.6. The fourth-order valence-electron chi connectivity index (χ4n) is 1.94. The van der Waals surface area contributed by atoms with Crippen molar-refractivity contribution >= 4 is 5.97 Å². The topological polar surface area (TPSA) is 49.3 Å². The van der Waals surface area contributed by atoms with Crippen LogP contribution < -0.4 is 5.32 Å². The van der Waals surface area contributed by atoms with E-state index >= 15 is 0 Å². The minimum atomic E-state index is -0.723. The van der Waals surface area contributed by atoms with Crippen molar-refractivity contribution in [1.82, 2.24) is 5.32 Å². The summed E-state index contributed by atoms with van der Waals surface area (Å²) in [6.45, 7) is 6.06. The molecule has 0 spiro atoms. The van der Waals surface area contributed by atoms with Gasteiger partial charge in [0.15, 0.2) is 0 Å². The molecule has 0 radical (unpaired) electrons. The molecule has 1 aliphatic carbocycles. The molecule has 0 saturated heterocycles. The van der Waals surface area contributed by atoms with Crippen LogP contribution in [-0.4, -0.2) is 24.2 Å². The van der Waals surface area contributed by atoms with Crippen LogP contribution in [0, 0.1) is 11.3 Å². The first-order valence-corrected chi connectivity index (χ1v) is 5.45. The molecule has 0 atom stereocenters. The number of aliphatic carboxylic acids is 1. The third-order valence-electron chi connectivity index (χ3n) is 3.31. The Morgan fingerprint density at radius 2 is 2.14 bits per heavy atom. The predicted molar refractivity (Wildman–Crippen MR) is 56.2 cm³/mol. The Labute approximate surface area is 85.9 Å². The predicted octanol–water partition coefficient (Wildman–Crippen LogP) is 1.88. The van der Waals surface area contributed by atoms with Crippen molar-refractivity contribution in [1.29, 1.82) is 0 Å². The molecule has 1 aliphatic rings. The van der Waals surface area contributed by atoms with Crippen LogP contribution in [0.5, 0.6) is 0 Å². The van der Waals surface area contributed by atoms with Crippen molar-refractivity contribution in [3.05, 3.63) is 0 Å². The summed E-state index contributed by atoms with van der Waals surface area (Å²) in [4.78, 5) is 10.3. The standard InChI is InChI=1S/C11H21NO2/c1-11(2,9-4-3-5-9)8-12-7-6-10(13)14/h9,12H,3-8H2,1-2H3,(H,13,14). The highest BCUT2D eigenvalue weighted by Gasteiger charge is 2.33. The second-order valence-electron chi connectivity index (χ2n) is 4.94. The van der Waals surface area contributed by atoms with E-state index < -0.39 is 5.97 Å². The monoisotopic (exact) mass is 199 g/mol. The SMILES string of the molecule is CC(C)(CNCCC(=O)O)C1CCC1. The summed E-state index contributed by atoms with van der Waals surface area (Å²) >= 11 is 0. The third-order valence-corrected chi connectivity index (χ3v) is 3.31. The highest BCUT2D eigenvalue weighted by molar-refractivity contribution is 5.66. The Balaban J connectivity index is 2.12. The van der Waals surface area contributed by atoms with Gasteiger partial charge in [-0.3, -0.25) is 4.79 Å². The van der Waals surface area contributed by atoms with Crippen molar-refractivity contribution < 1.29 is 9.90 Å². The average molecular weight is 199 g/mol. The Morgan fingerprint density at radius 1 is 1.50 bits per heavy atom. The number of carbonyl (C=O) groups is 1. The smallest absolute Gasteiger partial charge is 0.304 e. The zero-order valence-corrected chi connectivity index (χ0v) is 9.18. The first-order chi connectivity index (χ1) is 6.52. The van der Waals surface area contributed by atoms with Crippen molar-refractivity contribution in [2.45, 2.75) is 39.5 Å². The Hall–Kier alpha value is -0.570. The molecule has 0 bridgehead atoms. The maximum absolute atomic E-state index is 10.3. The van der Waals surface area contributed by atoms with E-state index in [1.807, 2.05) is 0 Å². The average Bonchev–Trinajstić information content (AvgIpc) is 1.93. The highest BCUT2D eigenvalue weighted by Crippen LogP contribution is 2.41. The molecular weight excluding hydrogens is 178 g/mol. The molecule has 1 saturated carbocycles. The number of hydrogen-bond donors (Lipinski definition) is 2. The molecule has 1 fully saturated rings. The number of nitrogens with one attached hydrogen (secondary N) is 1. The quantitative estimate of drug-likeness (QED) is 0.642. The van der Waals surface area contributed by atoms with Gasteiger partial charge in [0.25, 0.3) is 0 Å². The lowest BCUT2D eigenvalue weighted by atomic mass is 9.67. The van der Waals surface area contributed by atoms with Gasteiger partial charge < -0.3 is 10.4 Å². The van der Waals surface area contributed by atoms with Crippen LogP contribution in [0.1, 0.15) is 39.5 Å². The molecule has 3 nitrogen and oxygen atoms in total. The van der Waals surface area contributed by atoms with E-state index in [2.05, 4.69) is 19.2 Å². The van der Waals surface area contributed by atoms with Crippen LogP contribution in [0.4, 0.5) is 0 Å². The minimum Gasteiger partial charge on any atom is -0.481 e. The number of carboxylic acids is 1. The van der Waals surface area contributed by atoms with Crippen molar-refractivity contribution in [3.63, 3.8) is 0 Å². The summed E-state index contributed by atoms with van der Waals surface area (Å²) in [5.41, 5.74) is 0.330. The lowest BCUT2D eigenvalue weighted by Crippen LogP contribution is -2.39. The van der Waals surface area contributed by atoms with Gasteiger partial charge in [0, 0.05) is 13.1 Å². The van der Waals surface area contributed by atoms with Gasteiger partial charge in [-0.25, -0.2) is 0 Å². The van der Waals surface area contributed by atoms with Crippen molar-refractivity contribution in [3.8, 4) is 0 Å². The summed E-state index contributed by atoms with van der Waals surface area (Å²) in [5.74, 6) is 0.110. The summed E-state index contributed by atoms with van der Waals surface area (Å²) in [6.07, 6.45) is 4.27. The van der Waals surface area contributed by atoms with Crippen molar-refractivity contribution in [2.75, 3.05) is 13.1 Å². The molecule has 0 aromatic rings. The molecule has 3 heteroatoms. The van der Waals surface area contributed by atoms with Crippen LogP contribution in [0.15, 0.2) is 0 Å². The van der Waals surface area contributed by atoms with E-state index in [1.165, 1.54) is 19.3 Å². The van der Waals surface area contributed by atoms with E-state index in [4.69, 9.17) is 5.11 Å². The van der Waals surface area contributed by atoms with Crippen molar-refractivity contribution in [2.24, 2.45) is 11.3 Å². The van der Waals surface area contributed by atoms with Gasteiger partial charge in [-0.2, -0.15) is 0 Å². The summed E-state index contributed by atoms with van der Waals surface area (Å²) in [5, 5.41) is 11.7. The Bertz CT molecular complexity index is 197. The van der Waals surface area contributed by atoms with Gasteiger partial charge in [0.2, 0.25) is 0 Å². The van der Waals surface area contributed by atoms with E-state index in [0.717, 1.165) is 12.5 Å². The fraction of sp³-hybridized carbons (Fsp3) is 0.909. The molecule has 82 valence electrons. The summed E-state index contributed by atoms with van der Waals surface area (Å²) < 4.78 is 0. The second-order valence-corrected chi connectivity index (χ2v) is 4.94. The summed E-state index contributed by atoms with van der Waals surface area (Å²) in [7, 11) is 0. The molecule has 1 rings (SSSR count). The molecule has 2 N–H and O–H groups in total. The van der Waals surface area contributed by atoms with Crippen LogP contribution in [0.25, 0.3) is 0 Å². The van der Waals surface area contributed by atoms with Crippen LogP contribution in [-0.2, 0) is 4.79 Å². The van der Waals surface area contributed by atoms with Crippen LogP contribution >= 0.6 is 0 Å². The van der Waals surface area contributed by atoms with E-state index in [-0.39, 0.29) is 6.42 Å². The molecule has 0 aromatic carbocycles. The lowest BCUT2D eigenvalue weighted by Gasteiger charge is -2.40. The van der Waals surface area contributed by atoms with E-state index in [0.29, 0.717) is 12.0 Å². The lowest BCUT2D eigenvalue weighted by molar-refractivity contribution is -0.136. The van der Waals surface area contributed by atoms with Gasteiger partial charge in [-0.05, 0) is 24.2 Å². The number of hydrogen-bond acceptors (Lipinski definition) is 2. The fourth-order valence-corrected chi connectivity index (χ4v) is 1.94. The van der Waals surface area contributed by atoms with Crippen LogP contribution in [0.2, 0.25) is 0 Å². The van der Waals surface area contributed by atoms with Gasteiger partial charge in [-0.15, -0.1) is 0 Å². The molecule has 0 amide bonds. The van der Waals surface area contributed by atoms with Gasteiger partial charge >= 0.3 is 5.97 Å². The Kier molecular flexibility index (Phi) is 3.93. The maximum Gasteiger partial charge on any atom is 0.304 e. The Morgan fingerprint density at radius 3 is 2.57 bits per heavy atom. The largest absolute Gasteiger partial charge is 0.481 e. The van der Waals surface area contributed by atoms with Crippen LogP contribution in [0.3, 0.4) is 0 Å². The molecule has 0 heterocycles. The van der Waals surface area contributed by atoms with Gasteiger partial charge in [-0.1, -0.05) is 20.3 Å².